The summed E-state index contributed by atoms with van der Waals surface area (Å²) >= 11 is 0. The van der Waals surface area contributed by atoms with Gasteiger partial charge in [0.05, 0.1) is 0 Å². The van der Waals surface area contributed by atoms with Crippen LogP contribution in [0.1, 0.15) is 19.4 Å². The van der Waals surface area contributed by atoms with E-state index >= 15 is 0 Å². The molecule has 0 saturated heterocycles. The van der Waals surface area contributed by atoms with Gasteiger partial charge in [0, 0.05) is 5.57 Å². The van der Waals surface area contributed by atoms with Crippen molar-refractivity contribution in [2.45, 2.75) is 20.5 Å². The van der Waals surface area contributed by atoms with Gasteiger partial charge in [0.1, 0.15) is 6.61 Å². The fourth-order valence-electron chi connectivity index (χ4n) is 1.41. The number of benzene rings is 1. The van der Waals surface area contributed by atoms with E-state index < -0.39 is 0 Å². The van der Waals surface area contributed by atoms with E-state index in [0.717, 1.165) is 11.3 Å². The first-order valence-electron chi connectivity index (χ1n) is 5.39. The highest BCUT2D eigenvalue weighted by molar-refractivity contribution is 5.87. The number of carbonyl (C=O) groups is 1. The molecule has 0 fully saturated rings. The van der Waals surface area contributed by atoms with Gasteiger partial charge in [-0.3, -0.25) is 0 Å². The van der Waals surface area contributed by atoms with E-state index in [1.54, 1.807) is 19.9 Å². The van der Waals surface area contributed by atoms with Crippen LogP contribution >= 0.6 is 0 Å². The summed E-state index contributed by atoms with van der Waals surface area (Å²) in [4.78, 5) is 11.4. The van der Waals surface area contributed by atoms with Crippen LogP contribution < -0.4 is 9.47 Å². The lowest BCUT2D eigenvalue weighted by atomic mass is 10.2. The molecule has 4 nitrogen and oxygen atoms in total. The summed E-state index contributed by atoms with van der Waals surface area (Å²) < 4.78 is 15.6. The van der Waals surface area contributed by atoms with Crippen molar-refractivity contribution in [3.8, 4) is 11.5 Å². The molecule has 4 heteroatoms. The largest absolute Gasteiger partial charge is 0.457 e. The molecule has 1 aliphatic heterocycles. The number of ether oxygens (including phenoxy) is 3. The number of fused-ring (bicyclic) bond motifs is 1. The van der Waals surface area contributed by atoms with Crippen LogP contribution in [-0.4, -0.2) is 12.8 Å². The molecule has 0 aromatic heterocycles. The van der Waals surface area contributed by atoms with Crippen LogP contribution in [0.5, 0.6) is 11.5 Å². The van der Waals surface area contributed by atoms with Crippen LogP contribution in [0.4, 0.5) is 0 Å². The lowest BCUT2D eigenvalue weighted by molar-refractivity contribution is -0.140. The molecule has 1 heterocycles. The van der Waals surface area contributed by atoms with Gasteiger partial charge in [-0.1, -0.05) is 12.1 Å². The summed E-state index contributed by atoms with van der Waals surface area (Å²) in [6.07, 6.45) is 1.72. The number of hydrogen-bond donors (Lipinski definition) is 0. The van der Waals surface area contributed by atoms with Gasteiger partial charge in [-0.15, -0.1) is 0 Å². The third kappa shape index (κ3) is 2.58. The van der Waals surface area contributed by atoms with Gasteiger partial charge in [-0.25, -0.2) is 4.79 Å². The second-order valence-corrected chi connectivity index (χ2v) is 3.74. The monoisotopic (exact) mass is 234 g/mol. The average molecular weight is 234 g/mol. The molecule has 90 valence electrons. The zero-order valence-electron chi connectivity index (χ0n) is 9.86. The smallest absolute Gasteiger partial charge is 0.333 e. The lowest BCUT2D eigenvalue weighted by Crippen LogP contribution is -2.05. The van der Waals surface area contributed by atoms with Crippen LogP contribution in [-0.2, 0) is 16.1 Å². The Morgan fingerprint density at radius 2 is 2.18 bits per heavy atom. The average Bonchev–Trinajstić information content (AvgIpc) is 2.82. The van der Waals surface area contributed by atoms with Gasteiger partial charge in [-0.05, 0) is 31.5 Å². The van der Waals surface area contributed by atoms with E-state index in [0.29, 0.717) is 11.3 Å². The molecule has 0 unspecified atom stereocenters. The first-order valence-corrected chi connectivity index (χ1v) is 5.39. The Kier molecular flexibility index (Phi) is 3.32. The van der Waals surface area contributed by atoms with Crippen molar-refractivity contribution in [1.29, 1.82) is 0 Å². The maximum absolute atomic E-state index is 11.4. The normalized spacial score (nSPS) is 13.6. The highest BCUT2D eigenvalue weighted by Gasteiger charge is 2.13. The van der Waals surface area contributed by atoms with E-state index in [1.807, 2.05) is 18.2 Å². The summed E-state index contributed by atoms with van der Waals surface area (Å²) in [6, 6.07) is 5.49. The quantitative estimate of drug-likeness (QED) is 0.595. The van der Waals surface area contributed by atoms with Crippen molar-refractivity contribution in [1.82, 2.24) is 0 Å². The van der Waals surface area contributed by atoms with Crippen LogP contribution in [0.2, 0.25) is 0 Å². The molecular formula is C13H14O4. The van der Waals surface area contributed by atoms with E-state index in [2.05, 4.69) is 0 Å². The summed E-state index contributed by atoms with van der Waals surface area (Å²) in [6.45, 7) is 4.01. The standard InChI is InChI=1S/C13H14O4/c1-3-9(2)13(14)15-7-10-4-5-11-12(6-10)17-8-16-11/h3-6H,7-8H2,1-2H3. The third-order valence-electron chi connectivity index (χ3n) is 2.56. The molecule has 2 rings (SSSR count). The second kappa shape index (κ2) is 4.91. The summed E-state index contributed by atoms with van der Waals surface area (Å²) in [5, 5.41) is 0. The molecule has 1 aliphatic rings. The zero-order valence-corrected chi connectivity index (χ0v) is 9.86. The third-order valence-corrected chi connectivity index (χ3v) is 2.56. The van der Waals surface area contributed by atoms with Crippen LogP contribution in [0.3, 0.4) is 0 Å². The molecule has 0 bridgehead atoms. The highest BCUT2D eigenvalue weighted by atomic mass is 16.7. The minimum absolute atomic E-state index is 0.237. The van der Waals surface area contributed by atoms with Crippen molar-refractivity contribution >= 4 is 5.97 Å². The Labute approximate surface area is 99.8 Å². The van der Waals surface area contributed by atoms with Crippen molar-refractivity contribution in [2.75, 3.05) is 6.79 Å². The summed E-state index contributed by atoms with van der Waals surface area (Å²) in [7, 11) is 0. The van der Waals surface area contributed by atoms with E-state index in [-0.39, 0.29) is 19.4 Å². The van der Waals surface area contributed by atoms with Crippen LogP contribution in [0, 0.1) is 0 Å². The summed E-state index contributed by atoms with van der Waals surface area (Å²) in [5.74, 6) is 1.12. The summed E-state index contributed by atoms with van der Waals surface area (Å²) in [5.41, 5.74) is 1.48. The predicted molar refractivity (Wildman–Crippen MR) is 61.8 cm³/mol. The predicted octanol–water partition coefficient (Wildman–Crippen LogP) is 2.42. The van der Waals surface area contributed by atoms with Crippen LogP contribution in [0.15, 0.2) is 29.8 Å². The maximum atomic E-state index is 11.4. The number of carbonyl (C=O) groups excluding carboxylic acids is 1. The fourth-order valence-corrected chi connectivity index (χ4v) is 1.41. The Hall–Kier alpha value is -1.97. The van der Waals surface area contributed by atoms with Crippen molar-refractivity contribution in [3.63, 3.8) is 0 Å². The molecule has 17 heavy (non-hydrogen) atoms. The molecule has 0 radical (unpaired) electrons. The van der Waals surface area contributed by atoms with Crippen LogP contribution in [0.25, 0.3) is 0 Å². The molecule has 0 aliphatic carbocycles. The van der Waals surface area contributed by atoms with Gasteiger partial charge in [0.15, 0.2) is 11.5 Å². The Balaban J connectivity index is 1.98. The maximum Gasteiger partial charge on any atom is 0.333 e. The zero-order chi connectivity index (χ0) is 12.3. The fraction of sp³-hybridized carbons (Fsp3) is 0.308. The molecule has 0 saturated carbocycles. The van der Waals surface area contributed by atoms with E-state index in [4.69, 9.17) is 14.2 Å². The Morgan fingerprint density at radius 3 is 2.94 bits per heavy atom. The van der Waals surface area contributed by atoms with E-state index in [1.165, 1.54) is 0 Å². The number of rotatable bonds is 3. The molecule has 1 aromatic rings. The number of esters is 1. The molecule has 0 amide bonds. The lowest BCUT2D eigenvalue weighted by Gasteiger charge is -2.05. The first-order chi connectivity index (χ1) is 8.20. The van der Waals surface area contributed by atoms with Gasteiger partial charge in [-0.2, -0.15) is 0 Å². The molecule has 0 spiro atoms. The second-order valence-electron chi connectivity index (χ2n) is 3.74. The first kappa shape index (κ1) is 11.5. The SMILES string of the molecule is CC=C(C)C(=O)OCc1ccc2c(c1)OCO2. The van der Waals surface area contributed by atoms with Crippen molar-refractivity contribution < 1.29 is 19.0 Å². The van der Waals surface area contributed by atoms with Gasteiger partial charge in [0.25, 0.3) is 0 Å². The topological polar surface area (TPSA) is 44.8 Å². The molecule has 0 atom stereocenters. The molecular weight excluding hydrogens is 220 g/mol. The van der Waals surface area contributed by atoms with Gasteiger partial charge >= 0.3 is 5.97 Å². The molecule has 1 aromatic carbocycles. The minimum Gasteiger partial charge on any atom is -0.457 e. The Bertz CT molecular complexity index is 462. The minimum atomic E-state index is -0.301. The van der Waals surface area contributed by atoms with E-state index in [9.17, 15) is 4.79 Å². The Morgan fingerprint density at radius 1 is 1.41 bits per heavy atom. The van der Waals surface area contributed by atoms with Gasteiger partial charge in [0.2, 0.25) is 6.79 Å². The van der Waals surface area contributed by atoms with Crippen molar-refractivity contribution in [3.05, 3.63) is 35.4 Å². The van der Waals surface area contributed by atoms with Gasteiger partial charge < -0.3 is 14.2 Å². The highest BCUT2D eigenvalue weighted by Crippen LogP contribution is 2.32. The number of hydrogen-bond acceptors (Lipinski definition) is 4. The number of allylic oxidation sites excluding steroid dienone is 1. The van der Waals surface area contributed by atoms with Crippen molar-refractivity contribution in [2.24, 2.45) is 0 Å². The molecule has 0 N–H and O–H groups in total.